The SMILES string of the molecule is CN=C(NCc1ccccc1)NCC(C)CN1CCCCC1.I. The summed E-state index contributed by atoms with van der Waals surface area (Å²) < 4.78 is 0. The highest BCUT2D eigenvalue weighted by atomic mass is 127. The molecule has 2 rings (SSSR count). The molecule has 0 aliphatic carbocycles. The van der Waals surface area contributed by atoms with Crippen LogP contribution in [0, 0.1) is 5.92 Å². The minimum atomic E-state index is 0. The number of hydrogen-bond acceptors (Lipinski definition) is 2. The first-order valence-corrected chi connectivity index (χ1v) is 8.48. The van der Waals surface area contributed by atoms with Crippen LogP contribution in [0.3, 0.4) is 0 Å². The normalized spacial score (nSPS) is 17.2. The average molecular weight is 430 g/mol. The van der Waals surface area contributed by atoms with Crippen LogP contribution in [0.15, 0.2) is 35.3 Å². The molecule has 1 aromatic carbocycles. The Morgan fingerprint density at radius 3 is 2.48 bits per heavy atom. The van der Waals surface area contributed by atoms with Crippen LogP contribution in [0.1, 0.15) is 31.7 Å². The van der Waals surface area contributed by atoms with Crippen LogP contribution in [-0.4, -0.2) is 44.1 Å². The monoisotopic (exact) mass is 430 g/mol. The number of halogens is 1. The lowest BCUT2D eigenvalue weighted by molar-refractivity contribution is 0.201. The number of aliphatic imine (C=N–C) groups is 1. The molecule has 1 fully saturated rings. The van der Waals surface area contributed by atoms with E-state index in [4.69, 9.17) is 0 Å². The van der Waals surface area contributed by atoms with Gasteiger partial charge in [0.2, 0.25) is 0 Å². The molecule has 5 heteroatoms. The minimum Gasteiger partial charge on any atom is -0.356 e. The lowest BCUT2D eigenvalue weighted by atomic mass is 10.1. The first-order chi connectivity index (χ1) is 10.8. The van der Waals surface area contributed by atoms with Crippen molar-refractivity contribution in [2.75, 3.05) is 33.2 Å². The number of guanidine groups is 1. The van der Waals surface area contributed by atoms with Crippen molar-refractivity contribution in [3.05, 3.63) is 35.9 Å². The van der Waals surface area contributed by atoms with Crippen LogP contribution in [0.5, 0.6) is 0 Å². The molecule has 0 spiro atoms. The van der Waals surface area contributed by atoms with E-state index in [0.29, 0.717) is 5.92 Å². The van der Waals surface area contributed by atoms with E-state index in [-0.39, 0.29) is 24.0 Å². The molecule has 0 amide bonds. The standard InChI is InChI=1S/C18H30N4.HI/c1-16(15-22-11-7-4-8-12-22)13-20-18(19-2)21-14-17-9-5-3-6-10-17;/h3,5-6,9-10,16H,4,7-8,11-15H2,1-2H3,(H2,19,20,21);1H. The third kappa shape index (κ3) is 8.01. The lowest BCUT2D eigenvalue weighted by Gasteiger charge is -2.29. The van der Waals surface area contributed by atoms with Gasteiger partial charge in [-0.1, -0.05) is 43.7 Å². The minimum absolute atomic E-state index is 0. The topological polar surface area (TPSA) is 39.7 Å². The van der Waals surface area contributed by atoms with Crippen LogP contribution in [-0.2, 0) is 6.54 Å². The van der Waals surface area contributed by atoms with Gasteiger partial charge in [0.15, 0.2) is 5.96 Å². The number of benzene rings is 1. The average Bonchev–Trinajstić information content (AvgIpc) is 2.57. The summed E-state index contributed by atoms with van der Waals surface area (Å²) in [6, 6.07) is 10.4. The van der Waals surface area contributed by atoms with Crippen molar-refractivity contribution in [1.29, 1.82) is 0 Å². The van der Waals surface area contributed by atoms with E-state index < -0.39 is 0 Å². The summed E-state index contributed by atoms with van der Waals surface area (Å²) in [7, 11) is 1.83. The maximum atomic E-state index is 4.30. The molecule has 1 heterocycles. The molecule has 0 aromatic heterocycles. The van der Waals surface area contributed by atoms with Gasteiger partial charge in [-0.05, 0) is 37.4 Å². The quantitative estimate of drug-likeness (QED) is 0.414. The van der Waals surface area contributed by atoms with Gasteiger partial charge in [-0.2, -0.15) is 0 Å². The molecular weight excluding hydrogens is 399 g/mol. The van der Waals surface area contributed by atoms with Crippen molar-refractivity contribution in [2.24, 2.45) is 10.9 Å². The molecule has 1 aliphatic heterocycles. The van der Waals surface area contributed by atoms with Gasteiger partial charge in [0, 0.05) is 26.7 Å². The fraction of sp³-hybridized carbons (Fsp3) is 0.611. The lowest BCUT2D eigenvalue weighted by Crippen LogP contribution is -2.42. The highest BCUT2D eigenvalue weighted by Crippen LogP contribution is 2.10. The number of likely N-dealkylation sites (tertiary alicyclic amines) is 1. The Kier molecular flexibility index (Phi) is 10.3. The second-order valence-electron chi connectivity index (χ2n) is 6.26. The van der Waals surface area contributed by atoms with Gasteiger partial charge in [0.05, 0.1) is 0 Å². The molecule has 1 aliphatic rings. The van der Waals surface area contributed by atoms with Crippen LogP contribution in [0.4, 0.5) is 0 Å². The van der Waals surface area contributed by atoms with E-state index in [0.717, 1.165) is 19.0 Å². The highest BCUT2D eigenvalue weighted by molar-refractivity contribution is 14.0. The van der Waals surface area contributed by atoms with Crippen LogP contribution >= 0.6 is 24.0 Å². The van der Waals surface area contributed by atoms with E-state index in [2.05, 4.69) is 51.7 Å². The Balaban J connectivity index is 0.00000264. The zero-order chi connectivity index (χ0) is 15.6. The van der Waals surface area contributed by atoms with Gasteiger partial charge in [-0.3, -0.25) is 4.99 Å². The summed E-state index contributed by atoms with van der Waals surface area (Å²) in [4.78, 5) is 6.90. The first-order valence-electron chi connectivity index (χ1n) is 8.48. The summed E-state index contributed by atoms with van der Waals surface area (Å²) in [5.41, 5.74) is 1.27. The number of rotatable bonds is 6. The molecular formula is C18H31IN4. The second-order valence-corrected chi connectivity index (χ2v) is 6.26. The van der Waals surface area contributed by atoms with Crippen molar-refractivity contribution >= 4 is 29.9 Å². The third-order valence-electron chi connectivity index (χ3n) is 4.16. The van der Waals surface area contributed by atoms with Crippen molar-refractivity contribution in [2.45, 2.75) is 32.7 Å². The van der Waals surface area contributed by atoms with Crippen LogP contribution < -0.4 is 10.6 Å². The van der Waals surface area contributed by atoms with Crippen molar-refractivity contribution in [3.63, 3.8) is 0 Å². The Morgan fingerprint density at radius 2 is 1.83 bits per heavy atom. The predicted octanol–water partition coefficient (Wildman–Crippen LogP) is 3.09. The summed E-state index contributed by atoms with van der Waals surface area (Å²) in [5, 5.41) is 6.81. The van der Waals surface area contributed by atoms with Gasteiger partial charge in [-0.25, -0.2) is 0 Å². The van der Waals surface area contributed by atoms with Crippen molar-refractivity contribution in [1.82, 2.24) is 15.5 Å². The summed E-state index contributed by atoms with van der Waals surface area (Å²) in [6.45, 7) is 7.80. The summed E-state index contributed by atoms with van der Waals surface area (Å²) in [5.74, 6) is 1.52. The van der Waals surface area contributed by atoms with Gasteiger partial charge in [0.25, 0.3) is 0 Å². The Hall–Kier alpha value is -0.820. The Morgan fingerprint density at radius 1 is 1.13 bits per heavy atom. The Labute approximate surface area is 158 Å². The fourth-order valence-electron chi connectivity index (χ4n) is 2.92. The molecule has 0 radical (unpaired) electrons. The first kappa shape index (κ1) is 20.2. The van der Waals surface area contributed by atoms with E-state index in [9.17, 15) is 0 Å². The zero-order valence-electron chi connectivity index (χ0n) is 14.4. The third-order valence-corrected chi connectivity index (χ3v) is 4.16. The molecule has 23 heavy (non-hydrogen) atoms. The van der Waals surface area contributed by atoms with Gasteiger partial charge >= 0.3 is 0 Å². The summed E-state index contributed by atoms with van der Waals surface area (Å²) in [6.07, 6.45) is 4.13. The van der Waals surface area contributed by atoms with Crippen LogP contribution in [0.2, 0.25) is 0 Å². The molecule has 0 bridgehead atoms. The fourth-order valence-corrected chi connectivity index (χ4v) is 2.92. The number of piperidine rings is 1. The molecule has 4 nitrogen and oxygen atoms in total. The van der Waals surface area contributed by atoms with E-state index in [1.54, 1.807) is 0 Å². The maximum Gasteiger partial charge on any atom is 0.191 e. The van der Waals surface area contributed by atoms with Crippen LogP contribution in [0.25, 0.3) is 0 Å². The smallest absolute Gasteiger partial charge is 0.191 e. The number of nitrogens with zero attached hydrogens (tertiary/aromatic N) is 2. The van der Waals surface area contributed by atoms with E-state index in [1.165, 1.54) is 44.5 Å². The van der Waals surface area contributed by atoms with Crippen molar-refractivity contribution < 1.29 is 0 Å². The van der Waals surface area contributed by atoms with E-state index in [1.807, 2.05) is 13.1 Å². The molecule has 1 saturated heterocycles. The summed E-state index contributed by atoms with van der Waals surface area (Å²) >= 11 is 0. The molecule has 1 unspecified atom stereocenters. The number of nitrogens with one attached hydrogen (secondary N) is 2. The molecule has 0 saturated carbocycles. The predicted molar refractivity (Wildman–Crippen MR) is 110 cm³/mol. The molecule has 2 N–H and O–H groups in total. The second kappa shape index (κ2) is 11.7. The van der Waals surface area contributed by atoms with Gasteiger partial charge in [0.1, 0.15) is 0 Å². The largest absolute Gasteiger partial charge is 0.356 e. The molecule has 130 valence electrons. The van der Waals surface area contributed by atoms with Crippen molar-refractivity contribution in [3.8, 4) is 0 Å². The van der Waals surface area contributed by atoms with Gasteiger partial charge < -0.3 is 15.5 Å². The Bertz CT molecular complexity index is 444. The number of hydrogen-bond donors (Lipinski definition) is 2. The zero-order valence-corrected chi connectivity index (χ0v) is 16.8. The molecule has 1 atom stereocenters. The van der Waals surface area contributed by atoms with E-state index >= 15 is 0 Å². The molecule has 1 aromatic rings. The van der Waals surface area contributed by atoms with Gasteiger partial charge in [-0.15, -0.1) is 24.0 Å². The highest BCUT2D eigenvalue weighted by Gasteiger charge is 2.13. The maximum absolute atomic E-state index is 4.30.